The molecule has 2 aromatic carbocycles. The van der Waals surface area contributed by atoms with E-state index in [4.69, 9.17) is 0 Å². The van der Waals surface area contributed by atoms with Gasteiger partial charge in [0.15, 0.2) is 6.20 Å². The Balaban J connectivity index is 2.21. The molecule has 0 amide bonds. The maximum atomic E-state index is 2.32. The van der Waals surface area contributed by atoms with Crippen molar-refractivity contribution in [2.45, 2.75) is 20.8 Å². The SMILES string of the molecule is Cc1cc(C)c(C)c(-c2c3c(cc[n+]2C)sc2ccccc23)c1. The van der Waals surface area contributed by atoms with Gasteiger partial charge in [0.05, 0.1) is 10.9 Å². The molecule has 0 saturated heterocycles. The third kappa shape index (κ3) is 2.17. The van der Waals surface area contributed by atoms with Gasteiger partial charge in [0.25, 0.3) is 0 Å². The number of hydrogen-bond acceptors (Lipinski definition) is 1. The first-order chi connectivity index (χ1) is 11.1. The Labute approximate surface area is 140 Å². The van der Waals surface area contributed by atoms with E-state index in [0.29, 0.717) is 0 Å². The fraction of sp³-hybridized carbons (Fsp3) is 0.190. The van der Waals surface area contributed by atoms with Crippen molar-refractivity contribution >= 4 is 31.5 Å². The Morgan fingerprint density at radius 1 is 0.913 bits per heavy atom. The van der Waals surface area contributed by atoms with Crippen LogP contribution in [0.5, 0.6) is 0 Å². The molecule has 0 aliphatic rings. The molecule has 4 aromatic rings. The number of fused-ring (bicyclic) bond motifs is 3. The Morgan fingerprint density at radius 3 is 2.52 bits per heavy atom. The number of rotatable bonds is 1. The minimum absolute atomic E-state index is 1.32. The van der Waals surface area contributed by atoms with Crippen LogP contribution in [0.1, 0.15) is 16.7 Å². The van der Waals surface area contributed by atoms with Gasteiger partial charge in [-0.25, -0.2) is 4.57 Å². The standard InChI is InChI=1S/C21H20NS/c1-13-11-14(2)15(3)17(12-13)21-20-16-7-5-6-8-18(16)23-19(20)9-10-22(21)4/h5-12H,1-4H3/q+1. The highest BCUT2D eigenvalue weighted by Crippen LogP contribution is 2.39. The van der Waals surface area contributed by atoms with Gasteiger partial charge in [0, 0.05) is 20.9 Å². The summed E-state index contributed by atoms with van der Waals surface area (Å²) in [5.74, 6) is 0. The molecule has 2 heteroatoms. The van der Waals surface area contributed by atoms with Crippen LogP contribution in [0.3, 0.4) is 0 Å². The maximum absolute atomic E-state index is 2.32. The molecule has 0 spiro atoms. The summed E-state index contributed by atoms with van der Waals surface area (Å²) in [7, 11) is 2.15. The molecule has 1 nitrogen and oxygen atoms in total. The van der Waals surface area contributed by atoms with Gasteiger partial charge in [-0.1, -0.05) is 29.8 Å². The van der Waals surface area contributed by atoms with Gasteiger partial charge < -0.3 is 0 Å². The van der Waals surface area contributed by atoms with Crippen LogP contribution in [-0.2, 0) is 7.05 Å². The second kappa shape index (κ2) is 5.17. The average Bonchev–Trinajstić information content (AvgIpc) is 2.90. The van der Waals surface area contributed by atoms with Crippen LogP contribution < -0.4 is 4.57 Å². The predicted octanol–water partition coefficient (Wildman–Crippen LogP) is 5.47. The lowest BCUT2D eigenvalue weighted by Gasteiger charge is -2.10. The van der Waals surface area contributed by atoms with Crippen molar-refractivity contribution in [2.75, 3.05) is 0 Å². The molecule has 4 rings (SSSR count). The van der Waals surface area contributed by atoms with E-state index in [1.54, 1.807) is 0 Å². The van der Waals surface area contributed by atoms with Gasteiger partial charge in [-0.05, 0) is 44.0 Å². The lowest BCUT2D eigenvalue weighted by molar-refractivity contribution is -0.659. The van der Waals surface area contributed by atoms with E-state index in [2.05, 4.69) is 81.0 Å². The van der Waals surface area contributed by atoms with E-state index in [9.17, 15) is 0 Å². The molecule has 0 aliphatic heterocycles. The highest BCUT2D eigenvalue weighted by molar-refractivity contribution is 7.25. The maximum Gasteiger partial charge on any atom is 0.221 e. The van der Waals surface area contributed by atoms with Gasteiger partial charge in [0.1, 0.15) is 7.05 Å². The molecule has 2 aromatic heterocycles. The summed E-state index contributed by atoms with van der Waals surface area (Å²) >= 11 is 1.88. The fourth-order valence-electron chi connectivity index (χ4n) is 3.47. The lowest BCUT2D eigenvalue weighted by Crippen LogP contribution is -2.30. The van der Waals surface area contributed by atoms with Crippen LogP contribution in [0.25, 0.3) is 31.4 Å². The van der Waals surface area contributed by atoms with E-state index < -0.39 is 0 Å². The van der Waals surface area contributed by atoms with Gasteiger partial charge in [-0.15, -0.1) is 11.3 Å². The summed E-state index contributed by atoms with van der Waals surface area (Å²) in [5.41, 5.74) is 6.72. The van der Waals surface area contributed by atoms with Crippen molar-refractivity contribution in [3.8, 4) is 11.3 Å². The summed E-state index contributed by atoms with van der Waals surface area (Å²) in [6.45, 7) is 6.62. The number of benzene rings is 2. The van der Waals surface area contributed by atoms with E-state index in [-0.39, 0.29) is 0 Å². The van der Waals surface area contributed by atoms with Gasteiger partial charge in [-0.2, -0.15) is 0 Å². The molecule has 114 valence electrons. The highest BCUT2D eigenvalue weighted by atomic mass is 32.1. The van der Waals surface area contributed by atoms with Crippen molar-refractivity contribution in [3.05, 3.63) is 65.4 Å². The number of hydrogen-bond donors (Lipinski definition) is 0. The molecule has 0 saturated carbocycles. The van der Waals surface area contributed by atoms with Crippen molar-refractivity contribution in [3.63, 3.8) is 0 Å². The second-order valence-electron chi connectivity index (χ2n) is 6.37. The molecule has 0 radical (unpaired) electrons. The minimum Gasteiger partial charge on any atom is -0.200 e. The average molecular weight is 318 g/mol. The summed E-state index contributed by atoms with van der Waals surface area (Å²) in [5, 5.41) is 2.74. The Kier molecular flexibility index (Phi) is 3.24. The molecular formula is C21H20NS+. The van der Waals surface area contributed by atoms with E-state index in [1.165, 1.54) is 48.1 Å². The molecular weight excluding hydrogens is 298 g/mol. The van der Waals surface area contributed by atoms with Crippen LogP contribution in [-0.4, -0.2) is 0 Å². The third-order valence-corrected chi connectivity index (χ3v) is 5.86. The molecule has 0 N–H and O–H groups in total. The third-order valence-electron chi connectivity index (χ3n) is 4.73. The summed E-state index contributed by atoms with van der Waals surface area (Å²) in [4.78, 5) is 0. The zero-order valence-corrected chi connectivity index (χ0v) is 14.8. The first-order valence-electron chi connectivity index (χ1n) is 7.94. The lowest BCUT2D eigenvalue weighted by atomic mass is 9.95. The molecule has 0 atom stereocenters. The number of thiophene rings is 1. The number of aromatic nitrogens is 1. The van der Waals surface area contributed by atoms with Gasteiger partial charge in [0.2, 0.25) is 5.69 Å². The van der Waals surface area contributed by atoms with Gasteiger partial charge >= 0.3 is 0 Å². The van der Waals surface area contributed by atoms with Crippen molar-refractivity contribution in [1.29, 1.82) is 0 Å². The van der Waals surface area contributed by atoms with Crippen LogP contribution >= 0.6 is 11.3 Å². The number of pyridine rings is 1. The largest absolute Gasteiger partial charge is 0.221 e. The predicted molar refractivity (Wildman–Crippen MR) is 100 cm³/mol. The van der Waals surface area contributed by atoms with Crippen LogP contribution in [0, 0.1) is 20.8 Å². The normalized spacial score (nSPS) is 11.5. The van der Waals surface area contributed by atoms with Crippen molar-refractivity contribution in [2.24, 2.45) is 7.05 Å². The summed E-state index contributed by atoms with van der Waals surface area (Å²) in [6, 6.07) is 15.6. The minimum atomic E-state index is 1.32. The molecule has 2 heterocycles. The fourth-order valence-corrected chi connectivity index (χ4v) is 4.57. The number of aryl methyl sites for hydroxylation is 3. The van der Waals surface area contributed by atoms with E-state index >= 15 is 0 Å². The van der Waals surface area contributed by atoms with Crippen molar-refractivity contribution < 1.29 is 4.57 Å². The molecule has 0 unspecified atom stereocenters. The smallest absolute Gasteiger partial charge is 0.200 e. The highest BCUT2D eigenvalue weighted by Gasteiger charge is 2.21. The number of nitrogens with zero attached hydrogens (tertiary/aromatic N) is 1. The quantitative estimate of drug-likeness (QED) is 0.410. The van der Waals surface area contributed by atoms with E-state index in [1.807, 2.05) is 11.3 Å². The van der Waals surface area contributed by atoms with Crippen LogP contribution in [0.2, 0.25) is 0 Å². The first-order valence-corrected chi connectivity index (χ1v) is 8.76. The summed E-state index contributed by atoms with van der Waals surface area (Å²) in [6.07, 6.45) is 2.18. The Bertz CT molecular complexity index is 1060. The molecule has 0 fully saturated rings. The van der Waals surface area contributed by atoms with Crippen LogP contribution in [0.4, 0.5) is 0 Å². The zero-order valence-electron chi connectivity index (χ0n) is 14.0. The van der Waals surface area contributed by atoms with Crippen LogP contribution in [0.15, 0.2) is 48.7 Å². The van der Waals surface area contributed by atoms with Gasteiger partial charge in [-0.3, -0.25) is 0 Å². The first kappa shape index (κ1) is 14.4. The monoisotopic (exact) mass is 318 g/mol. The molecule has 0 aliphatic carbocycles. The molecule has 23 heavy (non-hydrogen) atoms. The van der Waals surface area contributed by atoms with E-state index in [0.717, 1.165) is 0 Å². The topological polar surface area (TPSA) is 3.88 Å². The summed E-state index contributed by atoms with van der Waals surface area (Å²) < 4.78 is 4.98. The Morgan fingerprint density at radius 2 is 1.70 bits per heavy atom. The molecule has 0 bridgehead atoms. The van der Waals surface area contributed by atoms with Crippen molar-refractivity contribution in [1.82, 2.24) is 0 Å². The zero-order chi connectivity index (χ0) is 16.1. The second-order valence-corrected chi connectivity index (χ2v) is 7.45. The Hall–Kier alpha value is -2.19.